The van der Waals surface area contributed by atoms with E-state index in [2.05, 4.69) is 10.7 Å². The second-order valence-corrected chi connectivity index (χ2v) is 11.1. The van der Waals surface area contributed by atoms with Crippen molar-refractivity contribution >= 4 is 18.1 Å². The molecule has 3 atom stereocenters. The molecule has 0 aliphatic heterocycles. The van der Waals surface area contributed by atoms with Gasteiger partial charge >= 0.3 is 12.2 Å². The Morgan fingerprint density at radius 1 is 0.825 bits per heavy atom. The van der Waals surface area contributed by atoms with Crippen molar-refractivity contribution in [2.75, 3.05) is 14.2 Å². The number of hydrazine groups is 1. The quantitative estimate of drug-likeness (QED) is 0.398. The zero-order chi connectivity index (χ0) is 30.3. The van der Waals surface area contributed by atoms with E-state index in [1.807, 2.05) is 6.07 Å². The highest BCUT2D eigenvalue weighted by atomic mass is 16.6. The summed E-state index contributed by atoms with van der Waals surface area (Å²) in [4.78, 5) is 40.2. The maximum Gasteiger partial charge on any atom is 0.430 e. The Kier molecular flexibility index (Phi) is 10.8. The van der Waals surface area contributed by atoms with Crippen LogP contribution in [0.25, 0.3) is 0 Å². The van der Waals surface area contributed by atoms with Gasteiger partial charge in [-0.3, -0.25) is 4.79 Å². The molecule has 0 unspecified atom stereocenters. The number of nitrogens with one attached hydrogen (secondary N) is 2. The van der Waals surface area contributed by atoms with Crippen LogP contribution in [0.5, 0.6) is 11.5 Å². The number of amides is 3. The third kappa shape index (κ3) is 9.33. The lowest BCUT2D eigenvalue weighted by atomic mass is 10.0. The van der Waals surface area contributed by atoms with Crippen LogP contribution < -0.4 is 20.2 Å². The standard InChI is InChI=1S/C29H41N3O8/c1-18(24(33)19-13-11-10-12-14-19)30-25(34)23(20-15-16-21(37-8)22(17-20)38-9)32(27(36)40-29(5,6)7)31-26(35)39-28(2,3)4/h10-18,23-24,33H,1-9H3,(H,30,34)(H,31,35)/t18-,23-,24+/m0/s1. The number of ether oxygens (including phenoxy) is 4. The third-order valence-electron chi connectivity index (χ3n) is 5.42. The molecule has 0 saturated carbocycles. The molecular formula is C29H41N3O8. The van der Waals surface area contributed by atoms with Crippen LogP contribution >= 0.6 is 0 Å². The molecule has 0 heterocycles. The van der Waals surface area contributed by atoms with E-state index in [-0.39, 0.29) is 11.3 Å². The highest BCUT2D eigenvalue weighted by Crippen LogP contribution is 2.33. The Labute approximate surface area is 235 Å². The van der Waals surface area contributed by atoms with E-state index in [0.29, 0.717) is 11.3 Å². The normalized spacial score (nSPS) is 13.8. The third-order valence-corrected chi connectivity index (χ3v) is 5.42. The highest BCUT2D eigenvalue weighted by molar-refractivity contribution is 5.88. The van der Waals surface area contributed by atoms with Crippen LogP contribution in [0.3, 0.4) is 0 Å². The number of aliphatic hydroxyl groups excluding tert-OH is 1. The molecule has 11 heteroatoms. The Morgan fingerprint density at radius 2 is 1.40 bits per heavy atom. The number of hydrogen-bond donors (Lipinski definition) is 3. The first-order valence-electron chi connectivity index (χ1n) is 12.8. The van der Waals surface area contributed by atoms with Crippen LogP contribution in [0.4, 0.5) is 9.59 Å². The number of methoxy groups -OCH3 is 2. The predicted octanol–water partition coefficient (Wildman–Crippen LogP) is 4.66. The van der Waals surface area contributed by atoms with Crippen molar-refractivity contribution < 1.29 is 38.4 Å². The van der Waals surface area contributed by atoms with E-state index in [0.717, 1.165) is 5.01 Å². The van der Waals surface area contributed by atoms with E-state index < -0.39 is 47.5 Å². The van der Waals surface area contributed by atoms with Crippen LogP contribution in [0.2, 0.25) is 0 Å². The molecule has 3 N–H and O–H groups in total. The largest absolute Gasteiger partial charge is 0.493 e. The number of rotatable bonds is 8. The molecule has 220 valence electrons. The minimum Gasteiger partial charge on any atom is -0.493 e. The SMILES string of the molecule is COc1ccc([C@@H](C(=O)N[C@@H](C)[C@@H](O)c2ccccc2)N(NC(=O)OC(C)(C)C)C(=O)OC(C)(C)C)cc1OC. The van der Waals surface area contributed by atoms with Crippen LogP contribution in [-0.2, 0) is 14.3 Å². The average Bonchev–Trinajstić information content (AvgIpc) is 2.86. The van der Waals surface area contributed by atoms with Gasteiger partial charge in [0.05, 0.1) is 26.4 Å². The second-order valence-electron chi connectivity index (χ2n) is 11.1. The molecule has 2 aromatic rings. The minimum atomic E-state index is -1.47. The van der Waals surface area contributed by atoms with Gasteiger partial charge < -0.3 is 29.4 Å². The monoisotopic (exact) mass is 559 g/mol. The maximum absolute atomic E-state index is 13.9. The molecule has 0 fully saturated rings. The molecule has 40 heavy (non-hydrogen) atoms. The molecular weight excluding hydrogens is 518 g/mol. The molecule has 0 bridgehead atoms. The summed E-state index contributed by atoms with van der Waals surface area (Å²) in [5.41, 5.74) is 1.38. The Hall–Kier alpha value is -3.99. The first-order chi connectivity index (χ1) is 18.6. The Balaban J connectivity index is 2.58. The van der Waals surface area contributed by atoms with Gasteiger partial charge in [0.2, 0.25) is 5.91 Å². The number of carbonyl (C=O) groups excluding carboxylic acids is 3. The number of aliphatic hydroxyl groups is 1. The summed E-state index contributed by atoms with van der Waals surface area (Å²) >= 11 is 0. The first-order valence-corrected chi connectivity index (χ1v) is 12.8. The molecule has 0 spiro atoms. The lowest BCUT2D eigenvalue weighted by molar-refractivity contribution is -0.129. The summed E-state index contributed by atoms with van der Waals surface area (Å²) in [6.07, 6.45) is -3.04. The highest BCUT2D eigenvalue weighted by Gasteiger charge is 2.38. The summed E-state index contributed by atoms with van der Waals surface area (Å²) in [5, 5.41) is 14.4. The van der Waals surface area contributed by atoms with E-state index >= 15 is 0 Å². The van der Waals surface area contributed by atoms with Crippen molar-refractivity contribution in [3.8, 4) is 11.5 Å². The van der Waals surface area contributed by atoms with Crippen molar-refractivity contribution in [3.05, 3.63) is 59.7 Å². The average molecular weight is 560 g/mol. The van der Waals surface area contributed by atoms with Crippen LogP contribution in [-0.4, -0.2) is 59.7 Å². The topological polar surface area (TPSA) is 136 Å². The first kappa shape index (κ1) is 32.2. The summed E-state index contributed by atoms with van der Waals surface area (Å²) in [6, 6.07) is 11.2. The molecule has 11 nitrogen and oxygen atoms in total. The number of carbonyl (C=O) groups is 3. The summed E-state index contributed by atoms with van der Waals surface area (Å²) < 4.78 is 21.6. The Bertz CT molecular complexity index is 1160. The smallest absolute Gasteiger partial charge is 0.430 e. The van der Waals surface area contributed by atoms with Gasteiger partial charge in [-0.2, -0.15) is 5.01 Å². The Morgan fingerprint density at radius 3 is 1.93 bits per heavy atom. The molecule has 0 aliphatic rings. The summed E-state index contributed by atoms with van der Waals surface area (Å²) in [6.45, 7) is 11.6. The van der Waals surface area contributed by atoms with Crippen molar-refractivity contribution in [2.45, 2.75) is 77.9 Å². The molecule has 2 rings (SSSR count). The maximum atomic E-state index is 13.9. The molecule has 3 amide bonds. The summed E-state index contributed by atoms with van der Waals surface area (Å²) in [5.74, 6) is -0.0320. The van der Waals surface area contributed by atoms with Crippen molar-refractivity contribution in [3.63, 3.8) is 0 Å². The van der Waals surface area contributed by atoms with Crippen molar-refractivity contribution in [1.82, 2.24) is 15.8 Å². The lowest BCUT2D eigenvalue weighted by Gasteiger charge is -2.34. The molecule has 0 radical (unpaired) electrons. The van der Waals surface area contributed by atoms with Gasteiger partial charge in [0.15, 0.2) is 17.5 Å². The number of hydrogen-bond acceptors (Lipinski definition) is 8. The molecule has 0 aliphatic carbocycles. The van der Waals surface area contributed by atoms with Crippen molar-refractivity contribution in [2.24, 2.45) is 0 Å². The van der Waals surface area contributed by atoms with Gasteiger partial charge in [-0.05, 0) is 71.7 Å². The van der Waals surface area contributed by atoms with E-state index in [4.69, 9.17) is 18.9 Å². The zero-order valence-electron chi connectivity index (χ0n) is 24.6. The van der Waals surface area contributed by atoms with Gasteiger partial charge in [-0.1, -0.05) is 36.4 Å². The number of nitrogens with zero attached hydrogens (tertiary/aromatic N) is 1. The molecule has 2 aromatic carbocycles. The van der Waals surface area contributed by atoms with Gasteiger partial charge in [0, 0.05) is 0 Å². The predicted molar refractivity (Wildman–Crippen MR) is 149 cm³/mol. The lowest BCUT2D eigenvalue weighted by Crippen LogP contribution is -2.55. The van der Waals surface area contributed by atoms with E-state index in [1.54, 1.807) is 84.9 Å². The van der Waals surface area contributed by atoms with Crippen LogP contribution in [0, 0.1) is 0 Å². The van der Waals surface area contributed by atoms with E-state index in [9.17, 15) is 19.5 Å². The van der Waals surface area contributed by atoms with Crippen LogP contribution in [0.15, 0.2) is 48.5 Å². The molecule has 0 aromatic heterocycles. The number of benzene rings is 2. The van der Waals surface area contributed by atoms with Gasteiger partial charge in [-0.15, -0.1) is 0 Å². The van der Waals surface area contributed by atoms with Gasteiger partial charge in [0.1, 0.15) is 11.2 Å². The molecule has 0 saturated heterocycles. The van der Waals surface area contributed by atoms with Gasteiger partial charge in [-0.25, -0.2) is 15.0 Å². The zero-order valence-corrected chi connectivity index (χ0v) is 24.6. The van der Waals surface area contributed by atoms with E-state index in [1.165, 1.54) is 20.3 Å². The fourth-order valence-electron chi connectivity index (χ4n) is 3.69. The van der Waals surface area contributed by atoms with Gasteiger partial charge in [0.25, 0.3) is 0 Å². The fraction of sp³-hybridized carbons (Fsp3) is 0.483. The van der Waals surface area contributed by atoms with Crippen molar-refractivity contribution in [1.29, 1.82) is 0 Å². The van der Waals surface area contributed by atoms with Crippen LogP contribution in [0.1, 0.15) is 71.7 Å². The second kappa shape index (κ2) is 13.4. The fourth-order valence-corrected chi connectivity index (χ4v) is 3.69. The summed E-state index contributed by atoms with van der Waals surface area (Å²) in [7, 11) is 2.89. The minimum absolute atomic E-state index is 0.262.